The maximum atomic E-state index is 12.8. The van der Waals surface area contributed by atoms with Gasteiger partial charge >= 0.3 is 0 Å². The second-order valence-electron chi connectivity index (χ2n) is 7.51. The molecule has 2 rings (SSSR count). The summed E-state index contributed by atoms with van der Waals surface area (Å²) in [6.07, 6.45) is 3.93. The Hall–Kier alpha value is -2.81. The number of carbonyl (C=O) groups excluding carboxylic acids is 1. The highest BCUT2D eigenvalue weighted by Crippen LogP contribution is 2.20. The Labute approximate surface area is 182 Å². The third kappa shape index (κ3) is 6.09. The number of Topliss-reactive ketones (excluding diaryl/α,β-unsaturated/α-hetero) is 1. The van der Waals surface area contributed by atoms with Crippen LogP contribution in [0, 0.1) is 0 Å². The van der Waals surface area contributed by atoms with Gasteiger partial charge in [0.1, 0.15) is 0 Å². The summed E-state index contributed by atoms with van der Waals surface area (Å²) in [5, 5.41) is 0. The summed E-state index contributed by atoms with van der Waals surface area (Å²) in [6.45, 7) is 16.4. The molecule has 30 heavy (non-hydrogen) atoms. The molecule has 0 unspecified atom stereocenters. The van der Waals surface area contributed by atoms with Crippen LogP contribution in [0.4, 0.5) is 11.4 Å². The average molecular weight is 405 g/mol. The molecular weight excluding hydrogens is 368 g/mol. The molecular formula is C27H36N2O. The lowest BCUT2D eigenvalue weighted by Crippen LogP contribution is -2.21. The summed E-state index contributed by atoms with van der Waals surface area (Å²) in [7, 11) is 0. The van der Waals surface area contributed by atoms with E-state index < -0.39 is 0 Å². The van der Waals surface area contributed by atoms with Crippen molar-refractivity contribution in [3.8, 4) is 0 Å². The zero-order valence-electron chi connectivity index (χ0n) is 19.4. The fraction of sp³-hybridized carbons (Fsp3) is 0.370. The summed E-state index contributed by atoms with van der Waals surface area (Å²) >= 11 is 0. The Bertz CT molecular complexity index is 795. The summed E-state index contributed by atoms with van der Waals surface area (Å²) in [4.78, 5) is 17.5. The number of carbonyl (C=O) groups is 1. The van der Waals surface area contributed by atoms with Crippen LogP contribution in [0.5, 0.6) is 0 Å². The van der Waals surface area contributed by atoms with E-state index in [1.165, 1.54) is 11.4 Å². The van der Waals surface area contributed by atoms with E-state index in [-0.39, 0.29) is 5.78 Å². The normalized spacial score (nSPS) is 12.1. The molecule has 0 N–H and O–H groups in total. The highest BCUT2D eigenvalue weighted by Gasteiger charge is 2.08. The molecule has 0 atom stereocenters. The number of anilines is 2. The van der Waals surface area contributed by atoms with Crippen molar-refractivity contribution in [3.05, 3.63) is 70.8 Å². The second-order valence-corrected chi connectivity index (χ2v) is 7.51. The molecule has 3 heteroatoms. The third-order valence-corrected chi connectivity index (χ3v) is 5.53. The van der Waals surface area contributed by atoms with Gasteiger partial charge in [0.25, 0.3) is 0 Å². The van der Waals surface area contributed by atoms with E-state index in [9.17, 15) is 4.79 Å². The summed E-state index contributed by atoms with van der Waals surface area (Å²) in [5.41, 5.74) is 6.02. The minimum absolute atomic E-state index is 0.0793. The van der Waals surface area contributed by atoms with E-state index in [0.29, 0.717) is 0 Å². The predicted octanol–water partition coefficient (Wildman–Crippen LogP) is 6.45. The zero-order chi connectivity index (χ0) is 22.1. The first kappa shape index (κ1) is 23.5. The SMILES string of the molecule is CCN(CC)c1ccc(C=C(C)C(=O)C(C)=Cc2ccc(N(CC)CC)cc2)cc1. The predicted molar refractivity (Wildman–Crippen MR) is 132 cm³/mol. The van der Waals surface area contributed by atoms with Gasteiger partial charge < -0.3 is 9.80 Å². The number of nitrogens with zero attached hydrogens (tertiary/aromatic N) is 2. The van der Waals surface area contributed by atoms with E-state index in [2.05, 4.69) is 86.0 Å². The van der Waals surface area contributed by atoms with Gasteiger partial charge in [-0.3, -0.25) is 4.79 Å². The molecule has 0 saturated heterocycles. The maximum absolute atomic E-state index is 12.8. The van der Waals surface area contributed by atoms with E-state index >= 15 is 0 Å². The molecule has 0 heterocycles. The van der Waals surface area contributed by atoms with Crippen LogP contribution in [0.1, 0.15) is 52.7 Å². The fourth-order valence-electron chi connectivity index (χ4n) is 3.68. The van der Waals surface area contributed by atoms with Crippen LogP contribution in [0.3, 0.4) is 0 Å². The lowest BCUT2D eigenvalue weighted by molar-refractivity contribution is -0.112. The first-order valence-corrected chi connectivity index (χ1v) is 11.0. The molecule has 0 saturated carbocycles. The largest absolute Gasteiger partial charge is 0.372 e. The molecule has 0 bridgehead atoms. The Kier molecular flexibility index (Phi) is 8.91. The first-order chi connectivity index (χ1) is 14.4. The number of ketones is 1. The van der Waals surface area contributed by atoms with Crippen molar-refractivity contribution in [1.29, 1.82) is 0 Å². The number of hydrogen-bond donors (Lipinski definition) is 0. The first-order valence-electron chi connectivity index (χ1n) is 11.0. The minimum Gasteiger partial charge on any atom is -0.372 e. The van der Waals surface area contributed by atoms with Gasteiger partial charge in [-0.25, -0.2) is 0 Å². The van der Waals surface area contributed by atoms with Crippen molar-refractivity contribution in [2.24, 2.45) is 0 Å². The monoisotopic (exact) mass is 404 g/mol. The zero-order valence-corrected chi connectivity index (χ0v) is 19.4. The highest BCUT2D eigenvalue weighted by molar-refractivity contribution is 6.12. The smallest absolute Gasteiger partial charge is 0.184 e. The van der Waals surface area contributed by atoms with Crippen molar-refractivity contribution in [3.63, 3.8) is 0 Å². The van der Waals surface area contributed by atoms with Crippen LogP contribution in [0.2, 0.25) is 0 Å². The van der Waals surface area contributed by atoms with E-state index in [4.69, 9.17) is 0 Å². The molecule has 2 aromatic carbocycles. The molecule has 160 valence electrons. The number of hydrogen-bond acceptors (Lipinski definition) is 3. The van der Waals surface area contributed by atoms with Gasteiger partial charge in [0.05, 0.1) is 0 Å². The average Bonchev–Trinajstić information content (AvgIpc) is 2.77. The van der Waals surface area contributed by atoms with Gasteiger partial charge in [-0.2, -0.15) is 0 Å². The summed E-state index contributed by atoms with van der Waals surface area (Å²) < 4.78 is 0. The number of benzene rings is 2. The van der Waals surface area contributed by atoms with Gasteiger partial charge in [-0.05, 0) is 100 Å². The van der Waals surface area contributed by atoms with Crippen molar-refractivity contribution in [2.45, 2.75) is 41.5 Å². The summed E-state index contributed by atoms with van der Waals surface area (Å²) in [6, 6.07) is 16.8. The van der Waals surface area contributed by atoms with Gasteiger partial charge in [0, 0.05) is 37.6 Å². The van der Waals surface area contributed by atoms with Gasteiger partial charge in [-0.15, -0.1) is 0 Å². The Balaban J connectivity index is 2.12. The van der Waals surface area contributed by atoms with Crippen LogP contribution in [-0.2, 0) is 4.79 Å². The molecule has 0 amide bonds. The van der Waals surface area contributed by atoms with E-state index in [1.54, 1.807) is 0 Å². The van der Waals surface area contributed by atoms with Crippen LogP contribution in [0.15, 0.2) is 59.7 Å². The molecule has 0 fully saturated rings. The topological polar surface area (TPSA) is 23.6 Å². The van der Waals surface area contributed by atoms with Gasteiger partial charge in [-0.1, -0.05) is 24.3 Å². The maximum Gasteiger partial charge on any atom is 0.184 e. The molecule has 0 aliphatic rings. The van der Waals surface area contributed by atoms with Crippen molar-refractivity contribution >= 4 is 29.3 Å². The van der Waals surface area contributed by atoms with E-state index in [0.717, 1.165) is 48.5 Å². The van der Waals surface area contributed by atoms with Crippen LogP contribution in [-0.4, -0.2) is 32.0 Å². The molecule has 0 spiro atoms. The van der Waals surface area contributed by atoms with Crippen molar-refractivity contribution in [2.75, 3.05) is 36.0 Å². The van der Waals surface area contributed by atoms with Crippen LogP contribution >= 0.6 is 0 Å². The van der Waals surface area contributed by atoms with Gasteiger partial charge in [0.2, 0.25) is 0 Å². The fourth-order valence-corrected chi connectivity index (χ4v) is 3.68. The second kappa shape index (κ2) is 11.4. The highest BCUT2D eigenvalue weighted by atomic mass is 16.1. The summed E-state index contributed by atoms with van der Waals surface area (Å²) in [5.74, 6) is 0.0793. The van der Waals surface area contributed by atoms with Crippen molar-refractivity contribution < 1.29 is 4.79 Å². The third-order valence-electron chi connectivity index (χ3n) is 5.53. The standard InChI is InChI=1S/C27H36N2O/c1-7-28(8-2)25-15-11-23(12-16-25)19-21(5)27(30)22(6)20-24-13-17-26(18-14-24)29(9-3)10-4/h11-20H,7-10H2,1-6H3. The Morgan fingerprint density at radius 3 is 1.20 bits per heavy atom. The molecule has 0 radical (unpaired) electrons. The molecule has 0 aliphatic heterocycles. The minimum atomic E-state index is 0.0793. The van der Waals surface area contributed by atoms with Gasteiger partial charge in [0.15, 0.2) is 5.78 Å². The molecule has 2 aromatic rings. The molecule has 3 nitrogen and oxygen atoms in total. The van der Waals surface area contributed by atoms with Crippen LogP contribution < -0.4 is 9.80 Å². The lowest BCUT2D eigenvalue weighted by Gasteiger charge is -2.21. The molecule has 0 aromatic heterocycles. The number of allylic oxidation sites excluding steroid dienone is 2. The quantitative estimate of drug-likeness (QED) is 0.425. The Morgan fingerprint density at radius 2 is 0.933 bits per heavy atom. The lowest BCUT2D eigenvalue weighted by atomic mass is 10.0. The number of rotatable bonds is 10. The van der Waals surface area contributed by atoms with Crippen molar-refractivity contribution in [1.82, 2.24) is 0 Å². The van der Waals surface area contributed by atoms with Crippen LogP contribution in [0.25, 0.3) is 12.2 Å². The molecule has 0 aliphatic carbocycles. The van der Waals surface area contributed by atoms with E-state index in [1.807, 2.05) is 26.0 Å². The Morgan fingerprint density at radius 1 is 0.633 bits per heavy atom.